The molecular weight excluding hydrogens is 538 g/mol. The van der Waals surface area contributed by atoms with Crippen LogP contribution in [0.4, 0.5) is 0 Å². The van der Waals surface area contributed by atoms with Gasteiger partial charge in [0.15, 0.2) is 0 Å². The normalized spacial score (nSPS) is 19.6. The number of amides is 1. The molecule has 2 aliphatic rings. The summed E-state index contributed by atoms with van der Waals surface area (Å²) in [6.07, 6.45) is 5.98. The molecule has 2 saturated heterocycles. The molecule has 3 heterocycles. The minimum absolute atomic E-state index is 0.0403. The Morgan fingerprint density at radius 3 is 2.26 bits per heavy atom. The highest BCUT2D eigenvalue weighted by molar-refractivity contribution is 5.82. The highest BCUT2D eigenvalue weighted by Crippen LogP contribution is 2.30. The van der Waals surface area contributed by atoms with Crippen LogP contribution in [0.1, 0.15) is 87.1 Å². The highest BCUT2D eigenvalue weighted by atomic mass is 16.5. The topological polar surface area (TPSA) is 79.7 Å². The van der Waals surface area contributed by atoms with Crippen LogP contribution in [0.3, 0.4) is 0 Å². The van der Waals surface area contributed by atoms with Crippen molar-refractivity contribution in [2.75, 3.05) is 33.7 Å². The van der Waals surface area contributed by atoms with Crippen LogP contribution in [0, 0.1) is 17.8 Å². The smallest absolute Gasteiger partial charge is 0.237 e. The molecule has 0 aliphatic carbocycles. The standard InChI is InChI=1S/C25H37N5O2.C6H12O.2C2H6/c1-5-30-22(8-11-27-30)19-6-7-20(16-26-25(31)23-14-18(2)17-29(23)4)24(15-19)32-21-9-12-28(3)13-10-21;1-5(2)6(3)4-7;2*1-2/h6-8,11,15,18,21,23H,5,9-10,12-14,16-17H2,1-4H3,(H,26,31);4-6H,1-3H3;2*1-2H3. The Kier molecular flexibility index (Phi) is 18.1. The number of likely N-dealkylation sites (N-methyl/N-ethyl adjacent to an activating group) is 1. The Bertz CT molecular complexity index is 1060. The average molecular weight is 600 g/mol. The third-order valence-electron chi connectivity index (χ3n) is 8.12. The number of ether oxygens (including phenoxy) is 1. The van der Waals surface area contributed by atoms with Gasteiger partial charge in [0.1, 0.15) is 18.1 Å². The Labute approximate surface area is 262 Å². The molecule has 0 spiro atoms. The maximum atomic E-state index is 12.8. The number of carbonyl (C=O) groups excluding carboxylic acids is 2. The monoisotopic (exact) mass is 599 g/mol. The number of hydrogen-bond donors (Lipinski definition) is 1. The molecular formula is C35H61N5O3. The van der Waals surface area contributed by atoms with Crippen LogP contribution in [0.5, 0.6) is 5.75 Å². The molecule has 8 nitrogen and oxygen atoms in total. The van der Waals surface area contributed by atoms with Crippen molar-refractivity contribution < 1.29 is 14.3 Å². The van der Waals surface area contributed by atoms with E-state index in [2.05, 4.69) is 59.3 Å². The van der Waals surface area contributed by atoms with Crippen molar-refractivity contribution in [2.24, 2.45) is 17.8 Å². The second-order valence-corrected chi connectivity index (χ2v) is 11.7. The molecule has 0 bridgehead atoms. The van der Waals surface area contributed by atoms with E-state index >= 15 is 0 Å². The Balaban J connectivity index is 0.000000730. The highest BCUT2D eigenvalue weighted by Gasteiger charge is 2.32. The van der Waals surface area contributed by atoms with Gasteiger partial charge in [-0.25, -0.2) is 0 Å². The van der Waals surface area contributed by atoms with Crippen LogP contribution in [-0.4, -0.2) is 77.6 Å². The molecule has 2 aromatic rings. The van der Waals surface area contributed by atoms with Crippen LogP contribution < -0.4 is 10.1 Å². The first kappa shape index (κ1) is 38.3. The Morgan fingerprint density at radius 1 is 1.09 bits per heavy atom. The minimum atomic E-state index is -0.0403. The zero-order chi connectivity index (χ0) is 32.5. The summed E-state index contributed by atoms with van der Waals surface area (Å²) >= 11 is 0. The number of nitrogens with one attached hydrogen (secondary N) is 1. The second-order valence-electron chi connectivity index (χ2n) is 11.7. The van der Waals surface area contributed by atoms with Crippen LogP contribution in [0.25, 0.3) is 11.3 Å². The van der Waals surface area contributed by atoms with E-state index in [0.29, 0.717) is 18.4 Å². The maximum Gasteiger partial charge on any atom is 0.237 e. The number of carbonyl (C=O) groups is 2. The van der Waals surface area contributed by atoms with Gasteiger partial charge in [0.2, 0.25) is 5.91 Å². The summed E-state index contributed by atoms with van der Waals surface area (Å²) in [4.78, 5) is 27.3. The predicted molar refractivity (Wildman–Crippen MR) is 179 cm³/mol. The van der Waals surface area contributed by atoms with Gasteiger partial charge in [-0.3, -0.25) is 14.4 Å². The van der Waals surface area contributed by atoms with Gasteiger partial charge in [0.25, 0.3) is 0 Å². The summed E-state index contributed by atoms with van der Waals surface area (Å²) in [7, 11) is 4.19. The fraction of sp³-hybridized carbons (Fsp3) is 0.686. The summed E-state index contributed by atoms with van der Waals surface area (Å²) < 4.78 is 8.52. The SMILES string of the molecule is CC.CC.CC(C)C(C)C=O.CCn1nccc1-c1ccc(CNC(=O)C2CC(C)CN2C)c(OC2CCN(C)CC2)c1. The van der Waals surface area contributed by atoms with Crippen LogP contribution in [0.2, 0.25) is 0 Å². The van der Waals surface area contributed by atoms with Gasteiger partial charge in [-0.2, -0.15) is 5.10 Å². The molecule has 3 unspecified atom stereocenters. The van der Waals surface area contributed by atoms with E-state index in [1.54, 1.807) is 0 Å². The first-order valence-electron chi connectivity index (χ1n) is 16.6. The average Bonchev–Trinajstić information content (AvgIpc) is 3.64. The van der Waals surface area contributed by atoms with Crippen molar-refractivity contribution >= 4 is 12.2 Å². The number of piperidine rings is 1. The summed E-state index contributed by atoms with van der Waals surface area (Å²) in [5.41, 5.74) is 3.20. The van der Waals surface area contributed by atoms with E-state index in [4.69, 9.17) is 4.74 Å². The Morgan fingerprint density at radius 2 is 1.74 bits per heavy atom. The summed E-state index contributed by atoms with van der Waals surface area (Å²) in [5.74, 6) is 2.25. The van der Waals surface area contributed by atoms with Gasteiger partial charge in [-0.05, 0) is 64.3 Å². The molecule has 0 radical (unpaired) electrons. The lowest BCUT2D eigenvalue weighted by atomic mass is 10.0. The number of benzene rings is 1. The molecule has 1 aromatic heterocycles. The Hall–Kier alpha value is -2.71. The van der Waals surface area contributed by atoms with Crippen molar-refractivity contribution in [1.82, 2.24) is 24.9 Å². The molecule has 2 aliphatic heterocycles. The maximum absolute atomic E-state index is 12.8. The van der Waals surface area contributed by atoms with Crippen molar-refractivity contribution in [3.63, 3.8) is 0 Å². The van der Waals surface area contributed by atoms with E-state index in [1.165, 1.54) is 0 Å². The van der Waals surface area contributed by atoms with E-state index in [-0.39, 0.29) is 24.0 Å². The van der Waals surface area contributed by atoms with E-state index in [0.717, 1.165) is 74.3 Å². The third-order valence-corrected chi connectivity index (χ3v) is 8.12. The van der Waals surface area contributed by atoms with Gasteiger partial charge >= 0.3 is 0 Å². The summed E-state index contributed by atoms with van der Waals surface area (Å²) in [6.45, 7) is 22.7. The van der Waals surface area contributed by atoms with Crippen LogP contribution in [0.15, 0.2) is 30.5 Å². The third kappa shape index (κ3) is 12.1. The summed E-state index contributed by atoms with van der Waals surface area (Å²) in [6, 6.07) is 8.31. The molecule has 43 heavy (non-hydrogen) atoms. The quantitative estimate of drug-likeness (QED) is 0.330. The van der Waals surface area contributed by atoms with Gasteiger partial charge in [0, 0.05) is 56.0 Å². The van der Waals surface area contributed by atoms with Gasteiger partial charge in [-0.1, -0.05) is 67.5 Å². The zero-order valence-electron chi connectivity index (χ0n) is 29.0. The van der Waals surface area contributed by atoms with Gasteiger partial charge in [-0.15, -0.1) is 0 Å². The molecule has 1 N–H and O–H groups in total. The lowest BCUT2D eigenvalue weighted by Crippen LogP contribution is -2.41. The van der Waals surface area contributed by atoms with Crippen LogP contribution >= 0.6 is 0 Å². The number of hydrogen-bond acceptors (Lipinski definition) is 6. The minimum Gasteiger partial charge on any atom is -0.490 e. The van der Waals surface area contributed by atoms with Crippen molar-refractivity contribution in [1.29, 1.82) is 0 Å². The largest absolute Gasteiger partial charge is 0.490 e. The van der Waals surface area contributed by atoms with E-state index < -0.39 is 0 Å². The van der Waals surface area contributed by atoms with E-state index in [9.17, 15) is 9.59 Å². The summed E-state index contributed by atoms with van der Waals surface area (Å²) in [5, 5.41) is 7.58. The van der Waals surface area contributed by atoms with Gasteiger partial charge < -0.3 is 19.7 Å². The molecule has 3 atom stereocenters. The second kappa shape index (κ2) is 20.3. The molecule has 0 saturated carbocycles. The number of aromatic nitrogens is 2. The predicted octanol–water partition coefficient (Wildman–Crippen LogP) is 6.53. The molecule has 1 aromatic carbocycles. The van der Waals surface area contributed by atoms with Crippen molar-refractivity contribution in [3.8, 4) is 17.0 Å². The number of nitrogens with zero attached hydrogens (tertiary/aromatic N) is 4. The first-order valence-corrected chi connectivity index (χ1v) is 16.6. The molecule has 2 fully saturated rings. The molecule has 8 heteroatoms. The molecule has 244 valence electrons. The van der Waals surface area contributed by atoms with Gasteiger partial charge in [0.05, 0.1) is 11.7 Å². The fourth-order valence-corrected chi connectivity index (χ4v) is 5.10. The van der Waals surface area contributed by atoms with E-state index in [1.807, 2.05) is 72.5 Å². The number of aldehydes is 1. The van der Waals surface area contributed by atoms with Crippen LogP contribution in [-0.2, 0) is 22.7 Å². The zero-order valence-corrected chi connectivity index (χ0v) is 29.0. The number of aryl methyl sites for hydroxylation is 1. The number of rotatable bonds is 9. The van der Waals surface area contributed by atoms with Crippen molar-refractivity contribution in [2.45, 2.75) is 107 Å². The van der Waals surface area contributed by atoms with Crippen molar-refractivity contribution in [3.05, 3.63) is 36.0 Å². The lowest BCUT2D eigenvalue weighted by Gasteiger charge is -2.30. The molecule has 1 amide bonds. The molecule has 4 rings (SSSR count). The fourth-order valence-electron chi connectivity index (χ4n) is 5.10. The number of likely N-dealkylation sites (tertiary alicyclic amines) is 2. The first-order chi connectivity index (χ1) is 20.6. The lowest BCUT2D eigenvalue weighted by molar-refractivity contribution is -0.125.